The van der Waals surface area contributed by atoms with E-state index in [9.17, 15) is 0 Å². The molecule has 0 atom stereocenters. The van der Waals surface area contributed by atoms with Crippen molar-refractivity contribution in [3.8, 4) is 0 Å². The molecule has 1 aromatic heterocycles. The average molecular weight is 139 g/mol. The van der Waals surface area contributed by atoms with E-state index < -0.39 is 0 Å². The predicted octanol–water partition coefficient (Wildman–Crippen LogP) is 1.59. The highest BCUT2D eigenvalue weighted by Gasteiger charge is 1.90. The first-order valence-corrected chi connectivity index (χ1v) is 3.63. The Balaban J connectivity index is 2.15. The van der Waals surface area contributed by atoms with Crippen LogP contribution in [0.4, 0.5) is 0 Å². The van der Waals surface area contributed by atoms with Crippen molar-refractivity contribution in [3.05, 3.63) is 24.0 Å². The van der Waals surface area contributed by atoms with Crippen LogP contribution in [0.2, 0.25) is 0 Å². The molecule has 2 heteroatoms. The van der Waals surface area contributed by atoms with E-state index in [4.69, 9.17) is 4.74 Å². The second kappa shape index (κ2) is 4.12. The molecule has 10 heavy (non-hydrogen) atoms. The van der Waals surface area contributed by atoms with Crippen molar-refractivity contribution in [2.75, 3.05) is 13.2 Å². The van der Waals surface area contributed by atoms with Crippen LogP contribution in [0.1, 0.15) is 12.6 Å². The number of aromatic nitrogens is 1. The molecule has 1 rings (SSSR count). The van der Waals surface area contributed by atoms with Gasteiger partial charge in [-0.15, -0.1) is 0 Å². The van der Waals surface area contributed by atoms with Crippen molar-refractivity contribution in [3.63, 3.8) is 0 Å². The van der Waals surface area contributed by atoms with Crippen LogP contribution in [0.25, 0.3) is 0 Å². The number of hydrogen-bond acceptors (Lipinski definition) is 1. The monoisotopic (exact) mass is 139 g/mol. The molecule has 0 radical (unpaired) electrons. The van der Waals surface area contributed by atoms with E-state index in [0.29, 0.717) is 0 Å². The highest BCUT2D eigenvalue weighted by atomic mass is 16.5. The Labute approximate surface area is 61.2 Å². The molecule has 0 aliphatic rings. The highest BCUT2D eigenvalue weighted by molar-refractivity contribution is 5.03. The lowest BCUT2D eigenvalue weighted by molar-refractivity contribution is 0.150. The number of ether oxygens (including phenoxy) is 1. The van der Waals surface area contributed by atoms with Crippen molar-refractivity contribution in [2.24, 2.45) is 0 Å². The van der Waals surface area contributed by atoms with Gasteiger partial charge in [-0.3, -0.25) is 0 Å². The Morgan fingerprint density at radius 1 is 1.60 bits per heavy atom. The number of aromatic amines is 1. The van der Waals surface area contributed by atoms with E-state index in [2.05, 4.69) is 11.1 Å². The minimum absolute atomic E-state index is 0.806. The molecule has 0 aromatic carbocycles. The third kappa shape index (κ3) is 2.23. The van der Waals surface area contributed by atoms with Gasteiger partial charge in [-0.25, -0.2) is 0 Å². The maximum Gasteiger partial charge on any atom is 0.0520 e. The molecular formula is C8H13NO. The number of H-pyrrole nitrogens is 1. The van der Waals surface area contributed by atoms with Crippen molar-refractivity contribution in [2.45, 2.75) is 13.3 Å². The predicted molar refractivity (Wildman–Crippen MR) is 41.0 cm³/mol. The zero-order valence-corrected chi connectivity index (χ0v) is 6.26. The van der Waals surface area contributed by atoms with Crippen LogP contribution >= 0.6 is 0 Å². The molecule has 0 fully saturated rings. The summed E-state index contributed by atoms with van der Waals surface area (Å²) in [4.78, 5) is 3.12. The lowest BCUT2D eigenvalue weighted by Gasteiger charge is -1.97. The minimum Gasteiger partial charge on any atom is -0.381 e. The van der Waals surface area contributed by atoms with E-state index in [1.54, 1.807) is 0 Å². The molecule has 2 nitrogen and oxygen atoms in total. The molecule has 0 saturated carbocycles. The lowest BCUT2D eigenvalue weighted by atomic mass is 10.3. The summed E-state index contributed by atoms with van der Waals surface area (Å²) in [6, 6.07) is 4.07. The summed E-state index contributed by atoms with van der Waals surface area (Å²) in [5.41, 5.74) is 1.24. The summed E-state index contributed by atoms with van der Waals surface area (Å²) >= 11 is 0. The smallest absolute Gasteiger partial charge is 0.0520 e. The largest absolute Gasteiger partial charge is 0.381 e. The maximum atomic E-state index is 5.19. The highest BCUT2D eigenvalue weighted by Crippen LogP contribution is 1.95. The molecule has 0 unspecified atom stereocenters. The molecule has 1 aromatic rings. The van der Waals surface area contributed by atoms with Crippen LogP contribution in [0, 0.1) is 0 Å². The lowest BCUT2D eigenvalue weighted by Crippen LogP contribution is -1.97. The van der Waals surface area contributed by atoms with Gasteiger partial charge in [0.05, 0.1) is 6.61 Å². The normalized spacial score (nSPS) is 10.1. The van der Waals surface area contributed by atoms with Gasteiger partial charge in [0.25, 0.3) is 0 Å². The van der Waals surface area contributed by atoms with Crippen LogP contribution < -0.4 is 0 Å². The first-order chi connectivity index (χ1) is 4.93. The second-order valence-corrected chi connectivity index (χ2v) is 2.14. The minimum atomic E-state index is 0.806. The maximum absolute atomic E-state index is 5.19. The summed E-state index contributed by atoms with van der Waals surface area (Å²) in [7, 11) is 0. The van der Waals surface area contributed by atoms with Gasteiger partial charge in [0.15, 0.2) is 0 Å². The summed E-state index contributed by atoms with van der Waals surface area (Å²) in [5.74, 6) is 0. The molecule has 1 heterocycles. The third-order valence-corrected chi connectivity index (χ3v) is 1.38. The second-order valence-electron chi connectivity index (χ2n) is 2.14. The molecular weight excluding hydrogens is 126 g/mol. The van der Waals surface area contributed by atoms with Gasteiger partial charge in [0.1, 0.15) is 0 Å². The number of nitrogens with one attached hydrogen (secondary N) is 1. The van der Waals surface area contributed by atoms with Crippen LogP contribution in [-0.2, 0) is 11.2 Å². The molecule has 0 amide bonds. The van der Waals surface area contributed by atoms with Gasteiger partial charge in [0, 0.05) is 24.9 Å². The zero-order chi connectivity index (χ0) is 7.23. The molecule has 0 aliphatic carbocycles. The molecule has 0 aliphatic heterocycles. The van der Waals surface area contributed by atoms with Gasteiger partial charge < -0.3 is 9.72 Å². The average Bonchev–Trinajstić information content (AvgIpc) is 2.41. The summed E-state index contributed by atoms with van der Waals surface area (Å²) in [6.45, 7) is 3.63. The van der Waals surface area contributed by atoms with Crippen molar-refractivity contribution >= 4 is 0 Å². The van der Waals surface area contributed by atoms with Crippen LogP contribution in [-0.4, -0.2) is 18.2 Å². The Hall–Kier alpha value is -0.760. The molecule has 56 valence electrons. The third-order valence-electron chi connectivity index (χ3n) is 1.38. The van der Waals surface area contributed by atoms with E-state index in [0.717, 1.165) is 19.6 Å². The van der Waals surface area contributed by atoms with Crippen molar-refractivity contribution in [1.29, 1.82) is 0 Å². The van der Waals surface area contributed by atoms with E-state index in [-0.39, 0.29) is 0 Å². The Kier molecular flexibility index (Phi) is 3.03. The zero-order valence-electron chi connectivity index (χ0n) is 6.26. The van der Waals surface area contributed by atoms with Crippen LogP contribution in [0.3, 0.4) is 0 Å². The summed E-state index contributed by atoms with van der Waals surface area (Å²) in [6.07, 6.45) is 2.92. The topological polar surface area (TPSA) is 25.0 Å². The summed E-state index contributed by atoms with van der Waals surface area (Å²) < 4.78 is 5.19. The van der Waals surface area contributed by atoms with Crippen molar-refractivity contribution in [1.82, 2.24) is 4.98 Å². The van der Waals surface area contributed by atoms with Gasteiger partial charge in [-0.2, -0.15) is 0 Å². The van der Waals surface area contributed by atoms with Crippen LogP contribution in [0.15, 0.2) is 18.3 Å². The number of rotatable bonds is 4. The fraction of sp³-hybridized carbons (Fsp3) is 0.500. The number of hydrogen-bond donors (Lipinski definition) is 1. The Morgan fingerprint density at radius 3 is 3.10 bits per heavy atom. The molecule has 0 saturated heterocycles. The van der Waals surface area contributed by atoms with Gasteiger partial charge in [-0.1, -0.05) is 0 Å². The molecule has 1 N–H and O–H groups in total. The van der Waals surface area contributed by atoms with Crippen molar-refractivity contribution < 1.29 is 4.74 Å². The first-order valence-electron chi connectivity index (χ1n) is 3.63. The fourth-order valence-electron chi connectivity index (χ4n) is 0.849. The van der Waals surface area contributed by atoms with Gasteiger partial charge in [0.2, 0.25) is 0 Å². The fourth-order valence-corrected chi connectivity index (χ4v) is 0.849. The Morgan fingerprint density at radius 2 is 2.50 bits per heavy atom. The summed E-state index contributed by atoms with van der Waals surface area (Å²) in [5, 5.41) is 0. The van der Waals surface area contributed by atoms with E-state index in [1.165, 1.54) is 5.69 Å². The van der Waals surface area contributed by atoms with Crippen LogP contribution in [0.5, 0.6) is 0 Å². The standard InChI is InChI=1S/C8H13NO/c1-2-10-7-5-8-4-3-6-9-8/h3-4,6,9H,2,5,7H2,1H3. The van der Waals surface area contributed by atoms with E-state index >= 15 is 0 Å². The first kappa shape index (κ1) is 7.35. The SMILES string of the molecule is CCOCCc1ccc[nH]1. The van der Waals surface area contributed by atoms with Gasteiger partial charge in [-0.05, 0) is 19.1 Å². The quantitative estimate of drug-likeness (QED) is 0.629. The Bertz CT molecular complexity index is 158. The molecule has 0 bridgehead atoms. The van der Waals surface area contributed by atoms with Gasteiger partial charge >= 0.3 is 0 Å². The molecule has 0 spiro atoms. The van der Waals surface area contributed by atoms with E-state index in [1.807, 2.05) is 19.2 Å².